The van der Waals surface area contributed by atoms with Crippen molar-refractivity contribution in [1.29, 1.82) is 0 Å². The second kappa shape index (κ2) is 7.13. The average molecular weight is 304 g/mol. The summed E-state index contributed by atoms with van der Waals surface area (Å²) in [5, 5.41) is 5.59. The van der Waals surface area contributed by atoms with Crippen LogP contribution in [0.25, 0.3) is 0 Å². The van der Waals surface area contributed by atoms with E-state index in [2.05, 4.69) is 10.6 Å². The van der Waals surface area contributed by atoms with Crippen molar-refractivity contribution in [2.45, 2.75) is 25.9 Å². The number of carbonyl (C=O) groups excluding carboxylic acids is 1. The summed E-state index contributed by atoms with van der Waals surface area (Å²) >= 11 is 0. The molecule has 2 N–H and O–H groups in total. The summed E-state index contributed by atoms with van der Waals surface area (Å²) in [6, 6.07) is 12.2. The molecular formula is C17H18F2N2O. The molecule has 0 aliphatic heterocycles. The van der Waals surface area contributed by atoms with Gasteiger partial charge in [-0.3, -0.25) is 10.1 Å². The first kappa shape index (κ1) is 16.1. The highest BCUT2D eigenvalue weighted by molar-refractivity contribution is 5.94. The van der Waals surface area contributed by atoms with Crippen LogP contribution in [-0.4, -0.2) is 11.9 Å². The molecule has 0 aliphatic carbocycles. The molecule has 0 fully saturated rings. The van der Waals surface area contributed by atoms with Gasteiger partial charge in [0.15, 0.2) is 0 Å². The fourth-order valence-electron chi connectivity index (χ4n) is 2.12. The van der Waals surface area contributed by atoms with Gasteiger partial charge in [0.05, 0.1) is 11.7 Å². The van der Waals surface area contributed by atoms with Gasteiger partial charge >= 0.3 is 0 Å². The summed E-state index contributed by atoms with van der Waals surface area (Å²) in [5.74, 6) is -1.86. The van der Waals surface area contributed by atoms with Gasteiger partial charge in [0.1, 0.15) is 11.6 Å². The molecule has 0 unspecified atom stereocenters. The van der Waals surface area contributed by atoms with Gasteiger partial charge in [-0.25, -0.2) is 8.78 Å². The Hall–Kier alpha value is -2.27. The lowest BCUT2D eigenvalue weighted by atomic mass is 10.1. The van der Waals surface area contributed by atoms with E-state index in [-0.39, 0.29) is 17.6 Å². The highest BCUT2D eigenvalue weighted by Crippen LogP contribution is 2.16. The zero-order chi connectivity index (χ0) is 16.1. The first-order valence-electron chi connectivity index (χ1n) is 7.04. The third-order valence-corrected chi connectivity index (χ3v) is 3.38. The summed E-state index contributed by atoms with van der Waals surface area (Å²) in [6.07, 6.45) is 0. The van der Waals surface area contributed by atoms with E-state index in [9.17, 15) is 13.6 Å². The first-order chi connectivity index (χ1) is 10.5. The number of amides is 1. The van der Waals surface area contributed by atoms with Crippen LogP contribution < -0.4 is 10.6 Å². The van der Waals surface area contributed by atoms with Crippen molar-refractivity contribution in [3.63, 3.8) is 0 Å². The van der Waals surface area contributed by atoms with Crippen LogP contribution in [0.2, 0.25) is 0 Å². The molecule has 2 atom stereocenters. The maximum atomic E-state index is 13.5. The van der Waals surface area contributed by atoms with Crippen LogP contribution in [0, 0.1) is 11.6 Å². The van der Waals surface area contributed by atoms with Crippen LogP contribution in [0.3, 0.4) is 0 Å². The highest BCUT2D eigenvalue weighted by Gasteiger charge is 2.17. The molecule has 5 heteroatoms. The summed E-state index contributed by atoms with van der Waals surface area (Å²) in [4.78, 5) is 12.1. The van der Waals surface area contributed by atoms with Crippen LogP contribution in [0.15, 0.2) is 48.5 Å². The van der Waals surface area contributed by atoms with E-state index < -0.39 is 17.7 Å². The van der Waals surface area contributed by atoms with Crippen molar-refractivity contribution < 1.29 is 13.6 Å². The largest absolute Gasteiger partial charge is 0.322 e. The number of rotatable bonds is 5. The van der Waals surface area contributed by atoms with Crippen molar-refractivity contribution in [1.82, 2.24) is 5.32 Å². The molecule has 0 spiro atoms. The van der Waals surface area contributed by atoms with E-state index in [0.717, 1.165) is 17.7 Å². The van der Waals surface area contributed by atoms with Gasteiger partial charge in [-0.2, -0.15) is 0 Å². The third kappa shape index (κ3) is 4.11. The predicted molar refractivity (Wildman–Crippen MR) is 82.4 cm³/mol. The number of hydrogen-bond acceptors (Lipinski definition) is 2. The molecular weight excluding hydrogens is 286 g/mol. The van der Waals surface area contributed by atoms with Gasteiger partial charge in [0.25, 0.3) is 0 Å². The van der Waals surface area contributed by atoms with Gasteiger partial charge < -0.3 is 5.32 Å². The maximum Gasteiger partial charge on any atom is 0.241 e. The van der Waals surface area contributed by atoms with Gasteiger partial charge in [-0.15, -0.1) is 0 Å². The molecule has 0 aromatic heterocycles. The number of anilines is 1. The molecule has 0 aliphatic rings. The molecule has 1 amide bonds. The van der Waals surface area contributed by atoms with E-state index in [1.807, 2.05) is 37.3 Å². The normalized spacial score (nSPS) is 13.5. The number of benzene rings is 2. The smallest absolute Gasteiger partial charge is 0.241 e. The molecule has 0 saturated heterocycles. The Morgan fingerprint density at radius 2 is 1.73 bits per heavy atom. The van der Waals surface area contributed by atoms with Crippen LogP contribution in [-0.2, 0) is 4.79 Å². The van der Waals surface area contributed by atoms with Crippen LogP contribution in [0.5, 0.6) is 0 Å². The zero-order valence-electron chi connectivity index (χ0n) is 12.4. The summed E-state index contributed by atoms with van der Waals surface area (Å²) in [5.41, 5.74) is 1.02. The van der Waals surface area contributed by atoms with Crippen molar-refractivity contribution in [3.8, 4) is 0 Å². The van der Waals surface area contributed by atoms with Crippen LogP contribution >= 0.6 is 0 Å². The molecule has 0 bridgehead atoms. The molecule has 0 saturated carbocycles. The molecule has 2 aromatic rings. The van der Waals surface area contributed by atoms with Gasteiger partial charge in [0.2, 0.25) is 5.91 Å². The fourth-order valence-corrected chi connectivity index (χ4v) is 2.12. The van der Waals surface area contributed by atoms with Crippen LogP contribution in [0.4, 0.5) is 14.5 Å². The van der Waals surface area contributed by atoms with E-state index in [4.69, 9.17) is 0 Å². The molecule has 0 heterocycles. The lowest BCUT2D eigenvalue weighted by Crippen LogP contribution is -2.39. The van der Waals surface area contributed by atoms with E-state index >= 15 is 0 Å². The number of nitrogens with one attached hydrogen (secondary N) is 2. The molecule has 2 rings (SSSR count). The molecule has 22 heavy (non-hydrogen) atoms. The Balaban J connectivity index is 1.97. The lowest BCUT2D eigenvalue weighted by Gasteiger charge is -2.20. The minimum Gasteiger partial charge on any atom is -0.322 e. The Kier molecular flexibility index (Phi) is 5.22. The molecule has 2 aromatic carbocycles. The van der Waals surface area contributed by atoms with Crippen molar-refractivity contribution in [2.24, 2.45) is 0 Å². The maximum absolute atomic E-state index is 13.5. The predicted octanol–water partition coefficient (Wildman–Crippen LogP) is 3.64. The topological polar surface area (TPSA) is 41.1 Å². The minimum absolute atomic E-state index is 0.0278. The summed E-state index contributed by atoms with van der Waals surface area (Å²) in [7, 11) is 0. The summed E-state index contributed by atoms with van der Waals surface area (Å²) in [6.45, 7) is 3.63. The van der Waals surface area contributed by atoms with E-state index in [1.54, 1.807) is 6.92 Å². The first-order valence-corrected chi connectivity index (χ1v) is 7.04. The number of hydrogen-bond donors (Lipinski definition) is 2. The standard InChI is InChI=1S/C17H18F2N2O/c1-11(13-6-4-3-5-7-13)20-12(2)17(22)21-16-9-8-14(18)10-15(16)19/h3-12,20H,1-2H3,(H,21,22)/t11-,12+/m1/s1. The van der Waals surface area contributed by atoms with E-state index in [0.29, 0.717) is 0 Å². The average Bonchev–Trinajstić information content (AvgIpc) is 2.50. The number of carbonyl (C=O) groups is 1. The quantitative estimate of drug-likeness (QED) is 0.885. The van der Waals surface area contributed by atoms with Crippen molar-refractivity contribution >= 4 is 11.6 Å². The summed E-state index contributed by atoms with van der Waals surface area (Å²) < 4.78 is 26.4. The Labute approximate surface area is 128 Å². The van der Waals surface area contributed by atoms with Gasteiger partial charge in [-0.05, 0) is 31.5 Å². The van der Waals surface area contributed by atoms with E-state index in [1.165, 1.54) is 6.07 Å². The van der Waals surface area contributed by atoms with Gasteiger partial charge in [-0.1, -0.05) is 30.3 Å². The fraction of sp³-hybridized carbons (Fsp3) is 0.235. The van der Waals surface area contributed by atoms with Crippen molar-refractivity contribution in [2.75, 3.05) is 5.32 Å². The zero-order valence-corrected chi connectivity index (χ0v) is 12.4. The monoisotopic (exact) mass is 304 g/mol. The third-order valence-electron chi connectivity index (χ3n) is 3.38. The number of halogens is 2. The SMILES string of the molecule is C[C@H](N[C@H](C)c1ccccc1)C(=O)Nc1ccc(F)cc1F. The van der Waals surface area contributed by atoms with Gasteiger partial charge in [0, 0.05) is 12.1 Å². The Morgan fingerprint density at radius 3 is 2.36 bits per heavy atom. The van der Waals surface area contributed by atoms with Crippen LogP contribution in [0.1, 0.15) is 25.5 Å². The second-order valence-electron chi connectivity index (χ2n) is 5.13. The Morgan fingerprint density at radius 1 is 1.05 bits per heavy atom. The second-order valence-corrected chi connectivity index (χ2v) is 5.13. The molecule has 116 valence electrons. The Bertz CT molecular complexity index is 646. The van der Waals surface area contributed by atoms with Crippen molar-refractivity contribution in [3.05, 3.63) is 65.7 Å². The highest BCUT2D eigenvalue weighted by atomic mass is 19.1. The lowest BCUT2D eigenvalue weighted by molar-refractivity contribution is -0.118. The molecule has 3 nitrogen and oxygen atoms in total. The molecule has 0 radical (unpaired) electrons. The minimum atomic E-state index is -0.795.